The molecule has 0 saturated carbocycles. The molecule has 0 bridgehead atoms. The Balaban J connectivity index is 1.93. The van der Waals surface area contributed by atoms with Crippen LogP contribution in [0.3, 0.4) is 0 Å². The molecule has 0 radical (unpaired) electrons. The summed E-state index contributed by atoms with van der Waals surface area (Å²) in [5.41, 5.74) is 7.40. The number of nitrogens with zero attached hydrogens (tertiary/aromatic N) is 4. The van der Waals surface area contributed by atoms with E-state index in [4.69, 9.17) is 17.3 Å². The van der Waals surface area contributed by atoms with Crippen molar-refractivity contribution in [1.29, 1.82) is 5.26 Å². The minimum absolute atomic E-state index is 0.0717. The van der Waals surface area contributed by atoms with Crippen LogP contribution in [0.4, 0.5) is 10.3 Å². The first-order chi connectivity index (χ1) is 14.9. The lowest BCUT2D eigenvalue weighted by molar-refractivity contribution is 0.626. The Morgan fingerprint density at radius 2 is 2.00 bits per heavy atom. The Hall–Kier alpha value is -3.76. The largest absolute Gasteiger partial charge is 0.368 e. The zero-order chi connectivity index (χ0) is 22.1. The predicted molar refractivity (Wildman–Crippen MR) is 118 cm³/mol. The number of nitrogen functional groups attached to an aromatic ring is 1. The van der Waals surface area contributed by atoms with Gasteiger partial charge >= 0.3 is 0 Å². The van der Waals surface area contributed by atoms with Gasteiger partial charge in [-0.05, 0) is 48.2 Å². The van der Waals surface area contributed by atoms with Crippen LogP contribution in [0.2, 0.25) is 5.02 Å². The van der Waals surface area contributed by atoms with Crippen molar-refractivity contribution in [3.05, 3.63) is 92.9 Å². The molecule has 31 heavy (non-hydrogen) atoms. The molecule has 0 aliphatic rings. The Labute approximate surface area is 182 Å². The van der Waals surface area contributed by atoms with Gasteiger partial charge in [0.05, 0.1) is 27.9 Å². The highest BCUT2D eigenvalue weighted by molar-refractivity contribution is 6.35. The van der Waals surface area contributed by atoms with Gasteiger partial charge in [-0.1, -0.05) is 30.7 Å². The van der Waals surface area contributed by atoms with Crippen molar-refractivity contribution in [2.24, 2.45) is 0 Å². The Kier molecular flexibility index (Phi) is 5.40. The van der Waals surface area contributed by atoms with Crippen LogP contribution < -0.4 is 11.3 Å². The normalized spacial score (nSPS) is 11.9. The molecule has 6 nitrogen and oxygen atoms in total. The van der Waals surface area contributed by atoms with Crippen molar-refractivity contribution in [3.8, 4) is 11.8 Å². The van der Waals surface area contributed by atoms with E-state index in [9.17, 15) is 14.4 Å². The summed E-state index contributed by atoms with van der Waals surface area (Å²) in [6, 6.07) is 14.9. The van der Waals surface area contributed by atoms with E-state index in [2.05, 4.69) is 16.0 Å². The highest BCUT2D eigenvalue weighted by atomic mass is 35.5. The molecule has 0 aliphatic carbocycles. The minimum atomic E-state index is -0.402. The number of nitrogens with two attached hydrogens (primary N) is 1. The molecular weight excluding hydrogens is 417 g/mol. The second-order valence-corrected chi connectivity index (χ2v) is 7.60. The fourth-order valence-electron chi connectivity index (χ4n) is 3.63. The summed E-state index contributed by atoms with van der Waals surface area (Å²) < 4.78 is 15.0. The van der Waals surface area contributed by atoms with Crippen LogP contribution in [-0.2, 0) is 6.42 Å². The van der Waals surface area contributed by atoms with E-state index in [0.29, 0.717) is 44.9 Å². The number of benzene rings is 2. The molecule has 0 unspecified atom stereocenters. The van der Waals surface area contributed by atoms with Gasteiger partial charge in [-0.15, -0.1) is 0 Å². The number of nitriles is 1. The SMILES string of the molecule is C[C@H](Cc1nc(N)ncc1C#N)c1cc2cccc(Cl)c2c(=O)n1-c1ccc(F)cc1. The van der Waals surface area contributed by atoms with Crippen molar-refractivity contribution in [2.45, 2.75) is 19.3 Å². The molecule has 0 amide bonds. The fourth-order valence-corrected chi connectivity index (χ4v) is 3.90. The average Bonchev–Trinajstić information content (AvgIpc) is 2.74. The van der Waals surface area contributed by atoms with Crippen molar-refractivity contribution < 1.29 is 4.39 Å². The Morgan fingerprint density at radius 1 is 1.26 bits per heavy atom. The quantitative estimate of drug-likeness (QED) is 0.515. The third kappa shape index (κ3) is 3.86. The topological polar surface area (TPSA) is 97.6 Å². The van der Waals surface area contributed by atoms with E-state index in [0.717, 1.165) is 0 Å². The van der Waals surface area contributed by atoms with Gasteiger partial charge in [0.15, 0.2) is 0 Å². The molecule has 154 valence electrons. The van der Waals surface area contributed by atoms with Crippen molar-refractivity contribution in [1.82, 2.24) is 14.5 Å². The van der Waals surface area contributed by atoms with Gasteiger partial charge in [0.25, 0.3) is 5.56 Å². The molecule has 2 aromatic carbocycles. The van der Waals surface area contributed by atoms with E-state index >= 15 is 0 Å². The van der Waals surface area contributed by atoms with Gasteiger partial charge in [0, 0.05) is 17.3 Å². The number of anilines is 1. The number of aromatic nitrogens is 3. The van der Waals surface area contributed by atoms with Crippen LogP contribution in [0.25, 0.3) is 16.5 Å². The second kappa shape index (κ2) is 8.17. The zero-order valence-corrected chi connectivity index (χ0v) is 17.3. The highest BCUT2D eigenvalue weighted by Crippen LogP contribution is 2.28. The minimum Gasteiger partial charge on any atom is -0.368 e. The molecule has 2 N–H and O–H groups in total. The number of hydrogen-bond acceptors (Lipinski definition) is 5. The van der Waals surface area contributed by atoms with Crippen LogP contribution in [0.15, 0.2) is 59.5 Å². The maximum atomic E-state index is 13.5. The van der Waals surface area contributed by atoms with Crippen molar-refractivity contribution in [3.63, 3.8) is 0 Å². The van der Waals surface area contributed by atoms with Gasteiger partial charge in [-0.3, -0.25) is 9.36 Å². The van der Waals surface area contributed by atoms with Crippen LogP contribution >= 0.6 is 11.6 Å². The lowest BCUT2D eigenvalue weighted by atomic mass is 9.96. The summed E-state index contributed by atoms with van der Waals surface area (Å²) >= 11 is 6.33. The summed E-state index contributed by atoms with van der Waals surface area (Å²) in [5, 5.41) is 10.8. The molecule has 2 aromatic heterocycles. The van der Waals surface area contributed by atoms with E-state index in [1.165, 1.54) is 22.9 Å². The third-order valence-electron chi connectivity index (χ3n) is 5.12. The van der Waals surface area contributed by atoms with Crippen molar-refractivity contribution >= 4 is 28.3 Å². The first-order valence-electron chi connectivity index (χ1n) is 9.50. The maximum Gasteiger partial charge on any atom is 0.264 e. The van der Waals surface area contributed by atoms with E-state index in [1.807, 2.05) is 19.1 Å². The number of hydrogen-bond donors (Lipinski definition) is 1. The summed E-state index contributed by atoms with van der Waals surface area (Å²) in [7, 11) is 0. The van der Waals surface area contributed by atoms with E-state index in [1.54, 1.807) is 24.3 Å². The van der Waals surface area contributed by atoms with Gasteiger partial charge in [-0.2, -0.15) is 5.26 Å². The van der Waals surface area contributed by atoms with Crippen LogP contribution in [0.5, 0.6) is 0 Å². The zero-order valence-electron chi connectivity index (χ0n) is 16.5. The summed E-state index contributed by atoms with van der Waals surface area (Å²) in [5.74, 6) is -0.565. The van der Waals surface area contributed by atoms with E-state index in [-0.39, 0.29) is 17.4 Å². The lowest BCUT2D eigenvalue weighted by Crippen LogP contribution is -2.24. The monoisotopic (exact) mass is 433 g/mol. The van der Waals surface area contributed by atoms with Gasteiger partial charge in [0.1, 0.15) is 11.9 Å². The summed E-state index contributed by atoms with van der Waals surface area (Å²) in [6.45, 7) is 1.92. The number of pyridine rings is 1. The molecule has 0 fully saturated rings. The van der Waals surface area contributed by atoms with Gasteiger partial charge < -0.3 is 5.73 Å². The summed E-state index contributed by atoms with van der Waals surface area (Å²) in [6.07, 6.45) is 1.74. The standard InChI is InChI=1S/C23H17ClFN5O/c1-13(9-19-15(11-26)12-28-23(27)29-19)20-10-14-3-2-4-18(24)21(14)22(31)30(20)17-7-5-16(25)6-8-17/h2-8,10,12-13H,9H2,1H3,(H2,27,28,29)/t13-/m1/s1. The molecule has 0 spiro atoms. The molecule has 1 atom stereocenters. The Bertz CT molecular complexity index is 1390. The molecule has 2 heterocycles. The molecule has 4 aromatic rings. The molecule has 0 aliphatic heterocycles. The van der Waals surface area contributed by atoms with Crippen LogP contribution in [0, 0.1) is 17.1 Å². The van der Waals surface area contributed by atoms with Crippen molar-refractivity contribution in [2.75, 3.05) is 5.73 Å². The average molecular weight is 434 g/mol. The van der Waals surface area contributed by atoms with E-state index < -0.39 is 5.82 Å². The van der Waals surface area contributed by atoms with Gasteiger partial charge in [-0.25, -0.2) is 14.4 Å². The van der Waals surface area contributed by atoms with Gasteiger partial charge in [0.2, 0.25) is 5.95 Å². The first kappa shape index (κ1) is 20.5. The van der Waals surface area contributed by atoms with Crippen LogP contribution in [-0.4, -0.2) is 14.5 Å². The molecule has 0 saturated heterocycles. The predicted octanol–water partition coefficient (Wildman–Crippen LogP) is 4.37. The summed E-state index contributed by atoms with van der Waals surface area (Å²) in [4.78, 5) is 21.6. The Morgan fingerprint density at radius 3 is 2.71 bits per heavy atom. The van der Waals surface area contributed by atoms with Crippen LogP contribution in [0.1, 0.15) is 29.8 Å². The fraction of sp³-hybridized carbons (Fsp3) is 0.130. The smallest absolute Gasteiger partial charge is 0.264 e. The number of fused-ring (bicyclic) bond motifs is 1. The number of rotatable bonds is 4. The maximum absolute atomic E-state index is 13.5. The first-order valence-corrected chi connectivity index (χ1v) is 9.88. The third-order valence-corrected chi connectivity index (χ3v) is 5.44. The molecule has 4 rings (SSSR count). The molecule has 8 heteroatoms. The lowest BCUT2D eigenvalue weighted by Gasteiger charge is -2.20. The number of halogens is 2. The highest BCUT2D eigenvalue weighted by Gasteiger charge is 2.20. The second-order valence-electron chi connectivity index (χ2n) is 7.20. The molecular formula is C23H17ClFN5O.